The summed E-state index contributed by atoms with van der Waals surface area (Å²) in [4.78, 5) is 13.9. The van der Waals surface area contributed by atoms with Crippen molar-refractivity contribution in [2.75, 3.05) is 18.4 Å². The number of amides is 1. The van der Waals surface area contributed by atoms with E-state index in [0.717, 1.165) is 4.88 Å². The molecule has 1 amide bonds. The normalized spacial score (nSPS) is 18.4. The van der Waals surface area contributed by atoms with E-state index in [9.17, 15) is 22.0 Å². The Kier molecular flexibility index (Phi) is 6.74. The number of hydrogen-bond donors (Lipinski definition) is 1. The minimum absolute atomic E-state index is 0.0786. The highest BCUT2D eigenvalue weighted by atomic mass is 32.2. The monoisotopic (exact) mass is 446 g/mol. The van der Waals surface area contributed by atoms with Crippen LogP contribution in [0.4, 0.5) is 14.5 Å². The Morgan fingerprint density at radius 3 is 2.71 bits per heavy atom. The predicted molar refractivity (Wildman–Crippen MR) is 107 cm³/mol. The minimum atomic E-state index is -3.64. The molecule has 1 aromatic heterocycles. The summed E-state index contributed by atoms with van der Waals surface area (Å²) in [5.74, 6) is -3.48. The lowest BCUT2D eigenvalue weighted by Gasteiger charge is -2.31. The minimum Gasteiger partial charge on any atom is -0.325 e. The highest BCUT2D eigenvalue weighted by Crippen LogP contribution is 2.33. The zero-order valence-corrected chi connectivity index (χ0v) is 17.5. The van der Waals surface area contributed by atoms with E-state index in [0.29, 0.717) is 36.8 Å². The molecule has 1 fully saturated rings. The Balaban J connectivity index is 1.72. The second-order valence-electron chi connectivity index (χ2n) is 6.43. The Bertz CT molecular complexity index is 947. The van der Waals surface area contributed by atoms with Gasteiger partial charge in [0.25, 0.3) is 15.8 Å². The van der Waals surface area contributed by atoms with Gasteiger partial charge < -0.3 is 5.32 Å². The quantitative estimate of drug-likeness (QED) is 0.668. The fourth-order valence-corrected chi connectivity index (χ4v) is 6.61. The standard InChI is InChI=1S/C18H20F2N2O3S3/c1-12-8-9-16(26-12)28(24,25)22-10-4-5-13(11-22)17(23)21-14-6-2-3-7-15(14)27-18(19)20/h2-3,6-9,13,18H,4-5,10-11H2,1H3,(H,21,23)/t13-/m1/s1. The Morgan fingerprint density at radius 2 is 2.04 bits per heavy atom. The molecule has 0 aliphatic carbocycles. The summed E-state index contributed by atoms with van der Waals surface area (Å²) in [6.45, 7) is 2.28. The van der Waals surface area contributed by atoms with Crippen LogP contribution in [0.2, 0.25) is 0 Å². The molecule has 0 saturated carbocycles. The number of sulfonamides is 1. The van der Waals surface area contributed by atoms with Crippen LogP contribution in [-0.2, 0) is 14.8 Å². The van der Waals surface area contributed by atoms with E-state index in [1.54, 1.807) is 30.3 Å². The molecule has 2 heterocycles. The third kappa shape index (κ3) is 4.91. The lowest BCUT2D eigenvalue weighted by molar-refractivity contribution is -0.120. The molecule has 1 saturated heterocycles. The number of thiophene rings is 1. The summed E-state index contributed by atoms with van der Waals surface area (Å²) in [7, 11) is -3.64. The van der Waals surface area contributed by atoms with E-state index < -0.39 is 21.7 Å². The van der Waals surface area contributed by atoms with Gasteiger partial charge in [0.1, 0.15) is 4.21 Å². The number of rotatable bonds is 6. The molecule has 1 N–H and O–H groups in total. The number of piperidine rings is 1. The molecule has 10 heteroatoms. The first-order chi connectivity index (χ1) is 13.3. The van der Waals surface area contributed by atoms with Crippen molar-refractivity contribution in [3.63, 3.8) is 0 Å². The molecule has 0 unspecified atom stereocenters. The lowest BCUT2D eigenvalue weighted by Crippen LogP contribution is -2.43. The molecule has 28 heavy (non-hydrogen) atoms. The van der Waals surface area contributed by atoms with Crippen LogP contribution in [0, 0.1) is 12.8 Å². The summed E-state index contributed by atoms with van der Waals surface area (Å²) in [6.07, 6.45) is 1.11. The number of hydrogen-bond acceptors (Lipinski definition) is 5. The van der Waals surface area contributed by atoms with E-state index in [-0.39, 0.29) is 21.6 Å². The van der Waals surface area contributed by atoms with E-state index in [1.165, 1.54) is 21.7 Å². The summed E-state index contributed by atoms with van der Waals surface area (Å²) in [6, 6.07) is 9.69. The van der Waals surface area contributed by atoms with Crippen molar-refractivity contribution >= 4 is 44.7 Å². The highest BCUT2D eigenvalue weighted by Gasteiger charge is 2.34. The molecule has 1 atom stereocenters. The molecule has 2 aromatic rings. The van der Waals surface area contributed by atoms with E-state index in [2.05, 4.69) is 5.32 Å². The van der Waals surface area contributed by atoms with Gasteiger partial charge in [0.2, 0.25) is 5.91 Å². The van der Waals surface area contributed by atoms with Crippen LogP contribution in [0.3, 0.4) is 0 Å². The molecule has 152 valence electrons. The number of nitrogens with one attached hydrogen (secondary N) is 1. The number of alkyl halides is 2. The van der Waals surface area contributed by atoms with Gasteiger partial charge in [-0.05, 0) is 44.0 Å². The van der Waals surface area contributed by atoms with Gasteiger partial charge in [-0.2, -0.15) is 13.1 Å². The van der Waals surface area contributed by atoms with Crippen LogP contribution >= 0.6 is 23.1 Å². The van der Waals surface area contributed by atoms with Gasteiger partial charge in [-0.15, -0.1) is 11.3 Å². The lowest BCUT2D eigenvalue weighted by atomic mass is 9.99. The maximum atomic E-state index is 12.8. The van der Waals surface area contributed by atoms with Crippen LogP contribution in [0.25, 0.3) is 0 Å². The first-order valence-corrected chi connectivity index (χ1v) is 11.8. The number of anilines is 1. The molecule has 5 nitrogen and oxygen atoms in total. The van der Waals surface area contributed by atoms with E-state index in [4.69, 9.17) is 0 Å². The second kappa shape index (κ2) is 8.89. The summed E-state index contributed by atoms with van der Waals surface area (Å²) in [5.41, 5.74) is 0.312. The molecule has 0 bridgehead atoms. The van der Waals surface area contributed by atoms with Crippen molar-refractivity contribution < 1.29 is 22.0 Å². The smallest absolute Gasteiger partial charge is 0.288 e. The van der Waals surface area contributed by atoms with Gasteiger partial charge in [0.05, 0.1) is 11.6 Å². The molecule has 0 spiro atoms. The van der Waals surface area contributed by atoms with Gasteiger partial charge in [0.15, 0.2) is 0 Å². The van der Waals surface area contributed by atoms with Crippen molar-refractivity contribution in [2.45, 2.75) is 34.6 Å². The Morgan fingerprint density at radius 1 is 1.29 bits per heavy atom. The van der Waals surface area contributed by atoms with Crippen molar-refractivity contribution in [3.05, 3.63) is 41.3 Å². The van der Waals surface area contributed by atoms with E-state index >= 15 is 0 Å². The summed E-state index contributed by atoms with van der Waals surface area (Å²) < 4.78 is 52.7. The summed E-state index contributed by atoms with van der Waals surface area (Å²) >= 11 is 1.57. The average molecular weight is 447 g/mol. The largest absolute Gasteiger partial charge is 0.325 e. The maximum Gasteiger partial charge on any atom is 0.288 e. The third-order valence-electron chi connectivity index (χ3n) is 4.43. The van der Waals surface area contributed by atoms with Crippen LogP contribution in [0.5, 0.6) is 0 Å². The fraction of sp³-hybridized carbons (Fsp3) is 0.389. The Hall–Kier alpha value is -1.49. The van der Waals surface area contributed by atoms with Gasteiger partial charge in [-0.3, -0.25) is 4.79 Å². The predicted octanol–water partition coefficient (Wildman–Crippen LogP) is 4.41. The first kappa shape index (κ1) is 21.2. The van der Waals surface area contributed by atoms with Crippen LogP contribution in [0.15, 0.2) is 45.5 Å². The van der Waals surface area contributed by atoms with Crippen LogP contribution in [0.1, 0.15) is 17.7 Å². The molecule has 1 aromatic carbocycles. The average Bonchev–Trinajstić information content (AvgIpc) is 3.10. The topological polar surface area (TPSA) is 66.5 Å². The number of carbonyl (C=O) groups is 1. The van der Waals surface area contributed by atoms with Gasteiger partial charge in [0, 0.05) is 22.9 Å². The number of benzene rings is 1. The number of halogens is 2. The van der Waals surface area contributed by atoms with Crippen molar-refractivity contribution in [1.29, 1.82) is 0 Å². The SMILES string of the molecule is Cc1ccc(S(=O)(=O)N2CCC[C@@H](C(=O)Nc3ccccc3SC(F)F)C2)s1. The zero-order chi connectivity index (χ0) is 20.3. The van der Waals surface area contributed by atoms with E-state index in [1.807, 2.05) is 6.92 Å². The second-order valence-corrected chi connectivity index (χ2v) is 10.9. The van der Waals surface area contributed by atoms with Gasteiger partial charge in [-0.25, -0.2) is 8.42 Å². The molecular formula is C18H20F2N2O3S3. The molecule has 1 aliphatic heterocycles. The molecular weight excluding hydrogens is 426 g/mol. The Labute approximate surface area is 171 Å². The first-order valence-electron chi connectivity index (χ1n) is 8.68. The van der Waals surface area contributed by atoms with Crippen molar-refractivity contribution in [2.24, 2.45) is 5.92 Å². The fourth-order valence-electron chi connectivity index (χ4n) is 3.06. The number of carbonyl (C=O) groups excluding carboxylic acids is 1. The number of nitrogens with zero attached hydrogens (tertiary/aromatic N) is 1. The molecule has 3 rings (SSSR count). The van der Waals surface area contributed by atoms with Crippen LogP contribution < -0.4 is 5.32 Å². The van der Waals surface area contributed by atoms with Crippen molar-refractivity contribution in [3.8, 4) is 0 Å². The molecule has 0 radical (unpaired) electrons. The summed E-state index contributed by atoms with van der Waals surface area (Å²) in [5, 5.41) is 2.69. The number of thioether (sulfide) groups is 1. The number of aryl methyl sites for hydroxylation is 1. The van der Waals surface area contributed by atoms with Gasteiger partial charge in [-0.1, -0.05) is 23.9 Å². The van der Waals surface area contributed by atoms with Crippen LogP contribution in [-0.4, -0.2) is 37.5 Å². The zero-order valence-electron chi connectivity index (χ0n) is 15.1. The highest BCUT2D eigenvalue weighted by molar-refractivity contribution is 7.99. The third-order valence-corrected chi connectivity index (χ3v) is 8.55. The maximum absolute atomic E-state index is 12.8. The van der Waals surface area contributed by atoms with Crippen molar-refractivity contribution in [1.82, 2.24) is 4.31 Å². The molecule has 1 aliphatic rings. The van der Waals surface area contributed by atoms with Gasteiger partial charge >= 0.3 is 0 Å². The number of para-hydroxylation sites is 1.